The Balaban J connectivity index is 1.45. The first kappa shape index (κ1) is 18.0. The fraction of sp³-hybridized carbons (Fsp3) is 0.263. The average Bonchev–Trinajstić information content (AvgIpc) is 3.12. The molecule has 2 aromatic carbocycles. The molecule has 2 aromatic rings. The lowest BCUT2D eigenvalue weighted by atomic mass is 9.95. The van der Waals surface area contributed by atoms with Gasteiger partial charge < -0.3 is 9.57 Å². The van der Waals surface area contributed by atoms with Crippen LogP contribution in [0.1, 0.15) is 25.0 Å². The Morgan fingerprint density at radius 2 is 2.00 bits per heavy atom. The number of nitrogens with zero attached hydrogens (tertiary/aromatic N) is 2. The van der Waals surface area contributed by atoms with Gasteiger partial charge >= 0.3 is 0 Å². The van der Waals surface area contributed by atoms with E-state index in [1.165, 1.54) is 0 Å². The number of rotatable bonds is 7. The van der Waals surface area contributed by atoms with Gasteiger partial charge in [-0.15, -0.1) is 5.10 Å². The SMILES string of the molecule is [B]c1ccc(CON=C(C)C(C)NC2NN=C(c3ccccc3)O2)cc1. The minimum absolute atomic E-state index is 0.0516. The van der Waals surface area contributed by atoms with Gasteiger partial charge in [0, 0.05) is 5.56 Å². The van der Waals surface area contributed by atoms with E-state index in [-0.39, 0.29) is 6.04 Å². The van der Waals surface area contributed by atoms with E-state index in [0.717, 1.165) is 22.3 Å². The van der Waals surface area contributed by atoms with Gasteiger partial charge in [-0.25, -0.2) is 0 Å². The van der Waals surface area contributed by atoms with Crippen LogP contribution in [0, 0.1) is 0 Å². The number of ether oxygens (including phenoxy) is 1. The van der Waals surface area contributed by atoms with Crippen LogP contribution in [0.15, 0.2) is 64.9 Å². The molecule has 132 valence electrons. The number of hydrogen-bond donors (Lipinski definition) is 2. The first-order valence-electron chi connectivity index (χ1n) is 8.44. The summed E-state index contributed by atoms with van der Waals surface area (Å²) in [5.41, 5.74) is 6.40. The molecular weight excluding hydrogens is 327 g/mol. The Labute approximate surface area is 154 Å². The van der Waals surface area contributed by atoms with Crippen molar-refractivity contribution in [1.29, 1.82) is 0 Å². The van der Waals surface area contributed by atoms with Gasteiger partial charge in [0.05, 0.1) is 11.8 Å². The summed E-state index contributed by atoms with van der Waals surface area (Å²) in [7, 11) is 5.66. The van der Waals surface area contributed by atoms with Crippen molar-refractivity contribution in [1.82, 2.24) is 10.7 Å². The lowest BCUT2D eigenvalue weighted by molar-refractivity contribution is 0.124. The highest BCUT2D eigenvalue weighted by Crippen LogP contribution is 2.08. The Hall–Kier alpha value is -2.80. The number of nitrogens with one attached hydrogen (secondary N) is 2. The van der Waals surface area contributed by atoms with Crippen LogP contribution in [0.2, 0.25) is 0 Å². The zero-order chi connectivity index (χ0) is 18.4. The topological polar surface area (TPSA) is 67.2 Å². The molecule has 0 aliphatic carbocycles. The van der Waals surface area contributed by atoms with Crippen molar-refractivity contribution in [3.63, 3.8) is 0 Å². The van der Waals surface area contributed by atoms with Gasteiger partial charge in [-0.1, -0.05) is 53.1 Å². The second-order valence-electron chi connectivity index (χ2n) is 6.05. The normalized spacial score (nSPS) is 17.8. The largest absolute Gasteiger partial charge is 0.437 e. The van der Waals surface area contributed by atoms with E-state index in [0.29, 0.717) is 12.5 Å². The van der Waals surface area contributed by atoms with Crippen molar-refractivity contribution < 1.29 is 9.57 Å². The second-order valence-corrected chi connectivity index (χ2v) is 6.05. The van der Waals surface area contributed by atoms with E-state index in [1.807, 2.05) is 68.4 Å². The van der Waals surface area contributed by atoms with Crippen LogP contribution in [0.5, 0.6) is 0 Å². The lowest BCUT2D eigenvalue weighted by Gasteiger charge is -2.18. The number of oxime groups is 1. The van der Waals surface area contributed by atoms with Crippen LogP contribution in [0.3, 0.4) is 0 Å². The third-order valence-electron chi connectivity index (χ3n) is 3.98. The molecule has 0 aromatic heterocycles. The molecule has 3 rings (SSSR count). The average molecular weight is 348 g/mol. The zero-order valence-corrected chi connectivity index (χ0v) is 14.8. The highest BCUT2D eigenvalue weighted by molar-refractivity contribution is 6.32. The third kappa shape index (κ3) is 4.86. The van der Waals surface area contributed by atoms with Crippen molar-refractivity contribution in [2.75, 3.05) is 0 Å². The highest BCUT2D eigenvalue weighted by atomic mass is 16.6. The smallest absolute Gasteiger partial charge is 0.244 e. The fourth-order valence-electron chi connectivity index (χ4n) is 2.32. The van der Waals surface area contributed by atoms with E-state index < -0.39 is 6.35 Å². The van der Waals surface area contributed by atoms with Gasteiger partial charge in [0.1, 0.15) is 14.5 Å². The molecule has 0 saturated carbocycles. The molecule has 6 nitrogen and oxygen atoms in total. The van der Waals surface area contributed by atoms with Gasteiger partial charge in [0.2, 0.25) is 12.2 Å². The highest BCUT2D eigenvalue weighted by Gasteiger charge is 2.22. The maximum atomic E-state index is 5.77. The summed E-state index contributed by atoms with van der Waals surface area (Å²) in [6.07, 6.45) is -0.414. The molecule has 0 amide bonds. The summed E-state index contributed by atoms with van der Waals surface area (Å²) < 4.78 is 5.77. The number of hydrazone groups is 1. The Morgan fingerprint density at radius 3 is 2.73 bits per heavy atom. The predicted octanol–water partition coefficient (Wildman–Crippen LogP) is 1.62. The standard InChI is InChI=1S/C19H21BN4O2/c1-13(14(2)24-25-12-15-8-10-17(20)11-9-15)21-19-23-22-18(26-19)16-6-4-3-5-7-16/h3-11,13,19,21,23H,12H2,1-2H3. The van der Waals surface area contributed by atoms with Crippen molar-refractivity contribution in [2.45, 2.75) is 32.8 Å². The van der Waals surface area contributed by atoms with Gasteiger partial charge in [0.15, 0.2) is 0 Å². The van der Waals surface area contributed by atoms with E-state index in [2.05, 4.69) is 21.0 Å². The molecule has 2 radical (unpaired) electrons. The van der Waals surface area contributed by atoms with Crippen LogP contribution in [-0.2, 0) is 16.2 Å². The maximum absolute atomic E-state index is 5.77. The quantitative estimate of drug-likeness (QED) is 0.453. The van der Waals surface area contributed by atoms with Gasteiger partial charge in [0.25, 0.3) is 0 Å². The molecule has 26 heavy (non-hydrogen) atoms. The summed E-state index contributed by atoms with van der Waals surface area (Å²) in [6, 6.07) is 17.2. The molecule has 0 saturated heterocycles. The van der Waals surface area contributed by atoms with Crippen molar-refractivity contribution in [3.05, 3.63) is 65.7 Å². The summed E-state index contributed by atoms with van der Waals surface area (Å²) in [5.74, 6) is 0.560. The van der Waals surface area contributed by atoms with Crippen LogP contribution in [0.4, 0.5) is 0 Å². The minimum atomic E-state index is -0.414. The first-order valence-corrected chi connectivity index (χ1v) is 8.44. The van der Waals surface area contributed by atoms with E-state index >= 15 is 0 Å². The molecule has 0 spiro atoms. The Kier molecular flexibility index (Phi) is 5.91. The Morgan fingerprint density at radius 1 is 1.27 bits per heavy atom. The van der Waals surface area contributed by atoms with E-state index in [1.54, 1.807) is 0 Å². The van der Waals surface area contributed by atoms with Crippen LogP contribution < -0.4 is 16.2 Å². The molecule has 1 heterocycles. The summed E-state index contributed by atoms with van der Waals surface area (Å²) in [5, 5.41) is 11.6. The van der Waals surface area contributed by atoms with Crippen LogP contribution >= 0.6 is 0 Å². The molecule has 1 aliphatic rings. The van der Waals surface area contributed by atoms with Gasteiger partial charge in [-0.2, -0.15) is 0 Å². The zero-order valence-electron chi connectivity index (χ0n) is 14.8. The van der Waals surface area contributed by atoms with Gasteiger partial charge in [-0.3, -0.25) is 10.7 Å². The predicted molar refractivity (Wildman–Crippen MR) is 103 cm³/mol. The molecule has 2 N–H and O–H groups in total. The summed E-state index contributed by atoms with van der Waals surface area (Å²) in [6.45, 7) is 4.27. The third-order valence-corrected chi connectivity index (χ3v) is 3.98. The van der Waals surface area contributed by atoms with Crippen LogP contribution in [-0.4, -0.2) is 31.8 Å². The maximum Gasteiger partial charge on any atom is 0.244 e. The fourth-order valence-corrected chi connectivity index (χ4v) is 2.32. The van der Waals surface area contributed by atoms with Crippen LogP contribution in [0.25, 0.3) is 0 Å². The first-order chi connectivity index (χ1) is 12.6. The molecule has 7 heteroatoms. The van der Waals surface area contributed by atoms with Crippen molar-refractivity contribution in [3.8, 4) is 0 Å². The van der Waals surface area contributed by atoms with Crippen molar-refractivity contribution >= 4 is 24.9 Å². The molecule has 1 aliphatic heterocycles. The minimum Gasteiger partial charge on any atom is -0.437 e. The number of hydrogen-bond acceptors (Lipinski definition) is 6. The van der Waals surface area contributed by atoms with E-state index in [4.69, 9.17) is 17.4 Å². The summed E-state index contributed by atoms with van der Waals surface area (Å²) >= 11 is 0. The second kappa shape index (κ2) is 8.53. The monoisotopic (exact) mass is 348 g/mol. The Bertz CT molecular complexity index is 778. The van der Waals surface area contributed by atoms with E-state index in [9.17, 15) is 0 Å². The molecule has 0 fully saturated rings. The number of benzene rings is 2. The summed E-state index contributed by atoms with van der Waals surface area (Å²) in [4.78, 5) is 5.41. The lowest BCUT2D eigenvalue weighted by Crippen LogP contribution is -2.46. The molecule has 2 atom stereocenters. The molecule has 2 unspecified atom stereocenters. The van der Waals surface area contributed by atoms with Gasteiger partial charge in [-0.05, 0) is 31.5 Å². The van der Waals surface area contributed by atoms with Crippen molar-refractivity contribution in [2.24, 2.45) is 10.3 Å². The molecule has 0 bridgehead atoms. The molecular formula is C19H21BN4O2.